The van der Waals surface area contributed by atoms with Gasteiger partial charge in [0, 0.05) is 31.3 Å². The van der Waals surface area contributed by atoms with Gasteiger partial charge in [-0.05, 0) is 26.0 Å². The molecule has 1 N–H and O–H groups in total. The quantitative estimate of drug-likeness (QED) is 0.185. The lowest BCUT2D eigenvalue weighted by molar-refractivity contribution is -0.104. The number of allylic oxidation sites excluding steroid dienone is 5. The van der Waals surface area contributed by atoms with E-state index in [2.05, 4.69) is 31.6 Å². The second-order valence-corrected chi connectivity index (χ2v) is 7.13. The van der Waals surface area contributed by atoms with Crippen molar-refractivity contribution in [1.29, 1.82) is 0 Å². The van der Waals surface area contributed by atoms with Gasteiger partial charge in [0.05, 0.1) is 22.0 Å². The monoisotopic (exact) mass is 435 g/mol. The predicted molar refractivity (Wildman–Crippen MR) is 117 cm³/mol. The third-order valence-corrected chi connectivity index (χ3v) is 5.09. The van der Waals surface area contributed by atoms with Gasteiger partial charge in [0.1, 0.15) is 17.9 Å². The molecule has 2 rings (SSSR count). The number of nitrogens with zero attached hydrogens (tertiary/aromatic N) is 4. The minimum Gasteiger partial charge on any atom is -0.435 e. The number of hydrogen-bond acceptors (Lipinski definition) is 7. The number of halogens is 2. The number of thioether (sulfide) groups is 1. The minimum atomic E-state index is -2.93. The molecule has 0 amide bonds. The molecule has 0 fully saturated rings. The van der Waals surface area contributed by atoms with Crippen LogP contribution in [0.5, 0.6) is 0 Å². The molecule has 0 aromatic carbocycles. The van der Waals surface area contributed by atoms with Crippen molar-refractivity contribution in [2.45, 2.75) is 26.9 Å². The Balaban J connectivity index is 2.26. The Kier molecular flexibility index (Phi) is 8.72. The van der Waals surface area contributed by atoms with E-state index in [-0.39, 0.29) is 5.76 Å². The Bertz CT molecular complexity index is 901. The van der Waals surface area contributed by atoms with E-state index < -0.39 is 6.61 Å². The van der Waals surface area contributed by atoms with Crippen molar-refractivity contribution < 1.29 is 18.3 Å². The third-order valence-electron chi connectivity index (χ3n) is 4.09. The van der Waals surface area contributed by atoms with E-state index in [9.17, 15) is 13.6 Å². The first-order valence-electron chi connectivity index (χ1n) is 9.07. The van der Waals surface area contributed by atoms with E-state index in [1.807, 2.05) is 18.9 Å². The van der Waals surface area contributed by atoms with Crippen molar-refractivity contribution >= 4 is 35.8 Å². The van der Waals surface area contributed by atoms with Crippen LogP contribution in [0.4, 0.5) is 8.78 Å². The summed E-state index contributed by atoms with van der Waals surface area (Å²) in [5, 5.41) is 3.73. The van der Waals surface area contributed by atoms with Gasteiger partial charge in [0.2, 0.25) is 0 Å². The van der Waals surface area contributed by atoms with Gasteiger partial charge in [-0.15, -0.1) is 0 Å². The van der Waals surface area contributed by atoms with Crippen molar-refractivity contribution in [3.8, 4) is 0 Å². The smallest absolute Gasteiger partial charge is 0.387 e. The molecule has 0 saturated heterocycles. The molecule has 0 aliphatic carbocycles. The number of carbonyl (C=O) groups is 1. The van der Waals surface area contributed by atoms with Gasteiger partial charge >= 0.3 is 6.61 Å². The molecule has 7 nitrogen and oxygen atoms in total. The predicted octanol–water partition coefficient (Wildman–Crippen LogP) is 3.97. The zero-order valence-corrected chi connectivity index (χ0v) is 17.7. The fourth-order valence-corrected chi connectivity index (χ4v) is 3.40. The van der Waals surface area contributed by atoms with E-state index in [0.717, 1.165) is 23.4 Å². The average Bonchev–Trinajstić information content (AvgIpc) is 2.89. The molecule has 2 aliphatic rings. The number of fused-ring (bicyclic) bond motifs is 2. The van der Waals surface area contributed by atoms with Gasteiger partial charge in [0.15, 0.2) is 6.29 Å². The number of ether oxygens (including phenoxy) is 1. The number of nitrogens with one attached hydrogen (secondary N) is 1. The van der Waals surface area contributed by atoms with Gasteiger partial charge < -0.3 is 15.0 Å². The van der Waals surface area contributed by atoms with Crippen molar-refractivity contribution in [2.75, 3.05) is 13.6 Å². The van der Waals surface area contributed by atoms with Crippen LogP contribution in [0.3, 0.4) is 0 Å². The van der Waals surface area contributed by atoms with Gasteiger partial charge in [-0.2, -0.15) is 8.78 Å². The number of aliphatic imine (C=N–C) groups is 3. The SMILES string of the molecule is C=C(/C=C\C(=CC)NC=NC1=C(C=O)SC2=NC=NC(N(C)CC)=C1C2)OC(F)F. The molecule has 0 unspecified atom stereocenters. The molecule has 0 aromatic rings. The summed E-state index contributed by atoms with van der Waals surface area (Å²) in [4.78, 5) is 27.2. The van der Waals surface area contributed by atoms with Gasteiger partial charge in [-0.25, -0.2) is 15.0 Å². The maximum Gasteiger partial charge on any atom is 0.387 e. The molecular weight excluding hydrogens is 412 g/mol. The first-order valence-corrected chi connectivity index (χ1v) is 9.89. The fraction of sp³-hybridized carbons (Fsp3) is 0.300. The molecule has 2 bridgehead atoms. The molecule has 0 spiro atoms. The minimum absolute atomic E-state index is 0.168. The van der Waals surface area contributed by atoms with Crippen LogP contribution in [0, 0.1) is 0 Å². The van der Waals surface area contributed by atoms with E-state index in [4.69, 9.17) is 0 Å². The highest BCUT2D eigenvalue weighted by Crippen LogP contribution is 2.38. The molecular formula is C20H23F2N5O2S. The van der Waals surface area contributed by atoms with Gasteiger partial charge in [-0.1, -0.05) is 24.4 Å². The van der Waals surface area contributed by atoms with Crippen LogP contribution in [-0.4, -0.2) is 49.1 Å². The largest absolute Gasteiger partial charge is 0.435 e. The number of hydrogen-bond donors (Lipinski definition) is 1. The number of aldehydes is 1. The molecule has 30 heavy (non-hydrogen) atoms. The summed E-state index contributed by atoms with van der Waals surface area (Å²) in [7, 11) is 1.91. The highest BCUT2D eigenvalue weighted by Gasteiger charge is 2.27. The van der Waals surface area contributed by atoms with Crippen LogP contribution in [-0.2, 0) is 9.53 Å². The second kappa shape index (κ2) is 11.2. The third kappa shape index (κ3) is 6.24. The molecule has 160 valence electrons. The second-order valence-electron chi connectivity index (χ2n) is 6.02. The molecule has 0 radical (unpaired) electrons. The summed E-state index contributed by atoms with van der Waals surface area (Å²) < 4.78 is 28.6. The van der Waals surface area contributed by atoms with Gasteiger partial charge in [0.25, 0.3) is 0 Å². The average molecular weight is 436 g/mol. The van der Waals surface area contributed by atoms with Crippen LogP contribution in [0.15, 0.2) is 73.2 Å². The topological polar surface area (TPSA) is 78.7 Å². The van der Waals surface area contributed by atoms with E-state index >= 15 is 0 Å². The zero-order valence-electron chi connectivity index (χ0n) is 16.9. The standard InChI is InChI=1S/C20H23F2N5O2S/c1-5-14(8-7-13(3)29-20(21)22)23-11-25-18-15-9-17(30-16(18)10-28)24-12-26-19(15)27(4)6-2/h5,7-8,10-12,20H,3,6,9H2,1-2,4H3,(H,23,25)/b8-7-,14-5?. The molecule has 2 aliphatic heterocycles. The Hall–Kier alpha value is -3.01. The number of carbonyl (C=O) groups excluding carboxylic acids is 1. The van der Waals surface area contributed by atoms with Crippen molar-refractivity contribution in [3.63, 3.8) is 0 Å². The number of alkyl halides is 2. The van der Waals surface area contributed by atoms with Crippen LogP contribution in [0.25, 0.3) is 0 Å². The zero-order chi connectivity index (χ0) is 22.1. The summed E-state index contributed by atoms with van der Waals surface area (Å²) in [5.74, 6) is 0.535. The van der Waals surface area contributed by atoms with Crippen LogP contribution < -0.4 is 5.32 Å². The molecule has 0 atom stereocenters. The Labute approximate surface area is 178 Å². The maximum absolute atomic E-state index is 12.2. The van der Waals surface area contributed by atoms with Gasteiger partial charge in [-0.3, -0.25) is 4.79 Å². The summed E-state index contributed by atoms with van der Waals surface area (Å²) in [6.45, 7) is 4.95. The Morgan fingerprint density at radius 1 is 1.50 bits per heavy atom. The fourth-order valence-electron chi connectivity index (χ4n) is 2.51. The molecule has 2 heterocycles. The molecule has 0 saturated carbocycles. The lowest BCUT2D eigenvalue weighted by Gasteiger charge is -2.23. The first kappa shape index (κ1) is 23.3. The molecule has 10 heteroatoms. The highest BCUT2D eigenvalue weighted by molar-refractivity contribution is 8.18. The first-order chi connectivity index (χ1) is 14.4. The summed E-state index contributed by atoms with van der Waals surface area (Å²) in [5.41, 5.74) is 1.90. The van der Waals surface area contributed by atoms with Crippen molar-refractivity contribution in [2.24, 2.45) is 15.0 Å². The Morgan fingerprint density at radius 3 is 2.90 bits per heavy atom. The number of rotatable bonds is 10. The maximum atomic E-state index is 12.2. The summed E-state index contributed by atoms with van der Waals surface area (Å²) in [6, 6.07) is 0. The van der Waals surface area contributed by atoms with E-state index in [1.165, 1.54) is 36.6 Å². The van der Waals surface area contributed by atoms with Crippen LogP contribution in [0.2, 0.25) is 0 Å². The molecule has 0 aromatic heterocycles. The summed E-state index contributed by atoms with van der Waals surface area (Å²) in [6.07, 6.45) is 8.76. The lowest BCUT2D eigenvalue weighted by atomic mass is 10.1. The van der Waals surface area contributed by atoms with E-state index in [0.29, 0.717) is 28.5 Å². The highest BCUT2D eigenvalue weighted by atomic mass is 32.2. The Morgan fingerprint density at radius 2 is 2.27 bits per heavy atom. The normalized spacial score (nSPS) is 17.0. The lowest BCUT2D eigenvalue weighted by Crippen LogP contribution is -2.20. The van der Waals surface area contributed by atoms with Crippen LogP contribution in [0.1, 0.15) is 20.3 Å². The van der Waals surface area contributed by atoms with Crippen molar-refractivity contribution in [3.05, 3.63) is 58.3 Å². The van der Waals surface area contributed by atoms with Crippen LogP contribution >= 0.6 is 11.8 Å². The van der Waals surface area contributed by atoms with Crippen molar-refractivity contribution in [1.82, 2.24) is 10.2 Å². The van der Waals surface area contributed by atoms with E-state index in [1.54, 1.807) is 13.0 Å². The summed E-state index contributed by atoms with van der Waals surface area (Å²) >= 11 is 1.26.